The van der Waals surface area contributed by atoms with E-state index in [-0.39, 0.29) is 17.3 Å². The Morgan fingerprint density at radius 1 is 1.00 bits per heavy atom. The van der Waals surface area contributed by atoms with Crippen molar-refractivity contribution in [3.05, 3.63) is 65.5 Å². The first-order chi connectivity index (χ1) is 11.7. The smallest absolute Gasteiger partial charge is 0.354 e. The van der Waals surface area contributed by atoms with E-state index in [1.165, 1.54) is 23.8 Å². The number of hydrogen-bond donors (Lipinski definition) is 2. The number of rotatable bonds is 9. The predicted molar refractivity (Wildman–Crippen MR) is 89.1 cm³/mol. The molecule has 126 valence electrons. The molecule has 2 rings (SSSR count). The highest BCUT2D eigenvalue weighted by Gasteiger charge is 2.10. The van der Waals surface area contributed by atoms with E-state index in [2.05, 4.69) is 22.4 Å². The molecule has 1 amide bonds. The van der Waals surface area contributed by atoms with Crippen molar-refractivity contribution in [1.82, 2.24) is 10.3 Å². The molecule has 0 aliphatic rings. The van der Waals surface area contributed by atoms with Crippen LogP contribution >= 0.6 is 0 Å². The lowest BCUT2D eigenvalue weighted by Crippen LogP contribution is -2.26. The Bertz CT molecular complexity index is 674. The fraction of sp³-hybridized carbons (Fsp3) is 0.278. The Morgan fingerprint density at radius 2 is 1.75 bits per heavy atom. The molecule has 6 heteroatoms. The lowest BCUT2D eigenvalue weighted by molar-refractivity contribution is 0.0690. The average molecular weight is 328 g/mol. The van der Waals surface area contributed by atoms with Gasteiger partial charge in [-0.05, 0) is 30.5 Å². The first-order valence-corrected chi connectivity index (χ1v) is 7.77. The van der Waals surface area contributed by atoms with E-state index < -0.39 is 5.97 Å². The van der Waals surface area contributed by atoms with Gasteiger partial charge >= 0.3 is 5.97 Å². The van der Waals surface area contributed by atoms with Gasteiger partial charge in [0, 0.05) is 13.2 Å². The highest BCUT2D eigenvalue weighted by molar-refractivity contribution is 5.94. The highest BCUT2D eigenvalue weighted by atomic mass is 16.5. The topological polar surface area (TPSA) is 88.5 Å². The van der Waals surface area contributed by atoms with Gasteiger partial charge in [0.15, 0.2) is 0 Å². The molecule has 0 fully saturated rings. The van der Waals surface area contributed by atoms with Crippen molar-refractivity contribution in [3.63, 3.8) is 0 Å². The second-order valence-electron chi connectivity index (χ2n) is 5.17. The van der Waals surface area contributed by atoms with E-state index in [0.29, 0.717) is 26.2 Å². The number of nitrogens with one attached hydrogen (secondary N) is 1. The number of hydrogen-bond acceptors (Lipinski definition) is 4. The second kappa shape index (κ2) is 9.42. The SMILES string of the molecule is O=C(O)c1cccc(C(=O)NCCCOCCc2ccccc2)n1. The average Bonchev–Trinajstić information content (AvgIpc) is 2.61. The van der Waals surface area contributed by atoms with E-state index in [9.17, 15) is 9.59 Å². The van der Waals surface area contributed by atoms with Crippen molar-refractivity contribution in [3.8, 4) is 0 Å². The summed E-state index contributed by atoms with van der Waals surface area (Å²) in [6.45, 7) is 1.64. The summed E-state index contributed by atoms with van der Waals surface area (Å²) >= 11 is 0. The van der Waals surface area contributed by atoms with Crippen LogP contribution < -0.4 is 5.32 Å². The largest absolute Gasteiger partial charge is 0.477 e. The molecular weight excluding hydrogens is 308 g/mol. The monoisotopic (exact) mass is 328 g/mol. The molecule has 24 heavy (non-hydrogen) atoms. The van der Waals surface area contributed by atoms with E-state index in [0.717, 1.165) is 6.42 Å². The maximum Gasteiger partial charge on any atom is 0.354 e. The molecule has 0 unspecified atom stereocenters. The minimum absolute atomic E-state index is 0.0971. The molecule has 1 heterocycles. The molecule has 1 aromatic carbocycles. The minimum atomic E-state index is -1.16. The van der Waals surface area contributed by atoms with Gasteiger partial charge in [-0.15, -0.1) is 0 Å². The van der Waals surface area contributed by atoms with Gasteiger partial charge in [0.1, 0.15) is 11.4 Å². The van der Waals surface area contributed by atoms with Crippen molar-refractivity contribution >= 4 is 11.9 Å². The van der Waals surface area contributed by atoms with Crippen LogP contribution in [0.1, 0.15) is 33.0 Å². The van der Waals surface area contributed by atoms with Gasteiger partial charge in [0.05, 0.1) is 6.61 Å². The van der Waals surface area contributed by atoms with Crippen molar-refractivity contribution < 1.29 is 19.4 Å². The molecule has 1 aromatic heterocycles. The van der Waals surface area contributed by atoms with Gasteiger partial charge < -0.3 is 15.2 Å². The Kier molecular flexibility index (Phi) is 6.91. The molecule has 2 aromatic rings. The number of benzene rings is 1. The van der Waals surface area contributed by atoms with Crippen LogP contribution in [-0.2, 0) is 11.2 Å². The van der Waals surface area contributed by atoms with Crippen LogP contribution in [-0.4, -0.2) is 41.7 Å². The maximum atomic E-state index is 11.9. The van der Waals surface area contributed by atoms with Crippen molar-refractivity contribution in [2.75, 3.05) is 19.8 Å². The molecule has 0 saturated heterocycles. The zero-order valence-corrected chi connectivity index (χ0v) is 13.3. The molecule has 6 nitrogen and oxygen atoms in total. The molecular formula is C18H20N2O4. The Hall–Kier alpha value is -2.73. The van der Waals surface area contributed by atoms with E-state index in [1.54, 1.807) is 0 Å². The summed E-state index contributed by atoms with van der Waals surface area (Å²) in [6.07, 6.45) is 1.54. The summed E-state index contributed by atoms with van der Waals surface area (Å²) in [4.78, 5) is 26.5. The summed E-state index contributed by atoms with van der Waals surface area (Å²) in [7, 11) is 0. The van der Waals surface area contributed by atoms with Crippen LogP contribution in [0.4, 0.5) is 0 Å². The Morgan fingerprint density at radius 3 is 2.50 bits per heavy atom. The Labute approximate surface area is 140 Å². The fourth-order valence-electron chi connectivity index (χ4n) is 2.08. The molecule has 0 atom stereocenters. The van der Waals surface area contributed by atoms with E-state index in [1.807, 2.05) is 18.2 Å². The van der Waals surface area contributed by atoms with Crippen molar-refractivity contribution in [1.29, 1.82) is 0 Å². The quantitative estimate of drug-likeness (QED) is 0.689. The van der Waals surface area contributed by atoms with Crippen LogP contribution in [0.5, 0.6) is 0 Å². The number of ether oxygens (including phenoxy) is 1. The fourth-order valence-corrected chi connectivity index (χ4v) is 2.08. The van der Waals surface area contributed by atoms with Crippen molar-refractivity contribution in [2.45, 2.75) is 12.8 Å². The molecule has 0 radical (unpaired) electrons. The minimum Gasteiger partial charge on any atom is -0.477 e. The molecule has 0 bridgehead atoms. The summed E-state index contributed by atoms with van der Waals surface area (Å²) < 4.78 is 5.53. The molecule has 0 aliphatic heterocycles. The maximum absolute atomic E-state index is 11.9. The number of carbonyl (C=O) groups excluding carboxylic acids is 1. The third-order valence-corrected chi connectivity index (χ3v) is 3.33. The zero-order valence-electron chi connectivity index (χ0n) is 13.3. The number of aromatic carboxylic acids is 1. The highest BCUT2D eigenvalue weighted by Crippen LogP contribution is 2.01. The third kappa shape index (κ3) is 5.81. The molecule has 2 N–H and O–H groups in total. The van der Waals surface area contributed by atoms with Gasteiger partial charge in [-0.3, -0.25) is 4.79 Å². The van der Waals surface area contributed by atoms with Crippen molar-refractivity contribution in [2.24, 2.45) is 0 Å². The molecule has 0 spiro atoms. The second-order valence-corrected chi connectivity index (χ2v) is 5.17. The molecule has 0 saturated carbocycles. The number of aromatic nitrogens is 1. The first kappa shape index (κ1) is 17.6. The number of carboxylic acid groups (broad SMARTS) is 1. The van der Waals surface area contributed by atoms with Gasteiger partial charge in [-0.1, -0.05) is 36.4 Å². The zero-order chi connectivity index (χ0) is 17.2. The van der Waals surface area contributed by atoms with Gasteiger partial charge in [0.2, 0.25) is 0 Å². The first-order valence-electron chi connectivity index (χ1n) is 7.77. The van der Waals surface area contributed by atoms with Crippen LogP contribution in [0.15, 0.2) is 48.5 Å². The van der Waals surface area contributed by atoms with E-state index >= 15 is 0 Å². The standard InChI is InChI=1S/C18H20N2O4/c21-17(15-8-4-9-16(20-15)18(22)23)19-11-5-12-24-13-10-14-6-2-1-3-7-14/h1-4,6-9H,5,10-13H2,(H,19,21)(H,22,23). The number of amides is 1. The lowest BCUT2D eigenvalue weighted by atomic mass is 10.2. The van der Waals surface area contributed by atoms with Gasteiger partial charge in [-0.25, -0.2) is 9.78 Å². The molecule has 0 aliphatic carbocycles. The number of carboxylic acids is 1. The summed E-state index contributed by atoms with van der Waals surface area (Å²) in [5.41, 5.74) is 1.18. The summed E-state index contributed by atoms with van der Waals surface area (Å²) in [6, 6.07) is 14.4. The lowest BCUT2D eigenvalue weighted by Gasteiger charge is -2.06. The number of carbonyl (C=O) groups is 2. The summed E-state index contributed by atoms with van der Waals surface area (Å²) in [5.74, 6) is -1.54. The predicted octanol–water partition coefficient (Wildman–Crippen LogP) is 2.16. The normalized spacial score (nSPS) is 10.3. The van der Waals surface area contributed by atoms with Gasteiger partial charge in [-0.2, -0.15) is 0 Å². The number of pyridine rings is 1. The summed E-state index contributed by atoms with van der Waals surface area (Å²) in [5, 5.41) is 11.6. The number of nitrogens with zero attached hydrogens (tertiary/aromatic N) is 1. The third-order valence-electron chi connectivity index (χ3n) is 3.33. The van der Waals surface area contributed by atoms with Crippen LogP contribution in [0.3, 0.4) is 0 Å². The van der Waals surface area contributed by atoms with Crippen LogP contribution in [0, 0.1) is 0 Å². The van der Waals surface area contributed by atoms with E-state index in [4.69, 9.17) is 9.84 Å². The van der Waals surface area contributed by atoms with Crippen LogP contribution in [0.2, 0.25) is 0 Å². The Balaban J connectivity index is 1.61. The van der Waals surface area contributed by atoms with Crippen LogP contribution in [0.25, 0.3) is 0 Å². The van der Waals surface area contributed by atoms with Gasteiger partial charge in [0.25, 0.3) is 5.91 Å².